The Morgan fingerprint density at radius 2 is 2.11 bits per heavy atom. The summed E-state index contributed by atoms with van der Waals surface area (Å²) in [7, 11) is 0. The van der Waals surface area contributed by atoms with E-state index in [4.69, 9.17) is 5.73 Å². The van der Waals surface area contributed by atoms with E-state index in [1.54, 1.807) is 17.4 Å². The number of rotatable bonds is 5. The van der Waals surface area contributed by atoms with Crippen LogP contribution in [0.2, 0.25) is 0 Å². The molecule has 1 aromatic heterocycles. The third-order valence-corrected chi connectivity index (χ3v) is 4.34. The molecule has 3 nitrogen and oxygen atoms in total. The second kappa shape index (κ2) is 5.23. The number of hydrogen-bond donors (Lipinski definition) is 2. The fraction of sp³-hybridized carbons (Fsp3) is 0.333. The van der Waals surface area contributed by atoms with E-state index in [0.717, 1.165) is 13.1 Å². The minimum absolute atomic E-state index is 0.167. The molecule has 3 rings (SSSR count). The molecule has 1 aliphatic carbocycles. The first kappa shape index (κ1) is 12.5. The Kier molecular flexibility index (Phi) is 3.44. The van der Waals surface area contributed by atoms with Crippen LogP contribution in [0.25, 0.3) is 0 Å². The summed E-state index contributed by atoms with van der Waals surface area (Å²) in [4.78, 5) is 3.90. The third kappa shape index (κ3) is 3.08. The topological polar surface area (TPSA) is 49.5 Å². The Labute approximate surface area is 117 Å². The van der Waals surface area contributed by atoms with E-state index >= 15 is 0 Å². The molecule has 0 atom stereocenters. The lowest BCUT2D eigenvalue weighted by Crippen LogP contribution is -2.24. The van der Waals surface area contributed by atoms with E-state index in [2.05, 4.69) is 22.4 Å². The van der Waals surface area contributed by atoms with E-state index in [0.29, 0.717) is 11.7 Å². The summed E-state index contributed by atoms with van der Waals surface area (Å²) >= 11 is 1.81. The van der Waals surface area contributed by atoms with Crippen LogP contribution >= 0.6 is 11.3 Å². The molecule has 0 bridgehead atoms. The molecule has 19 heavy (non-hydrogen) atoms. The summed E-state index contributed by atoms with van der Waals surface area (Å²) in [6.45, 7) is 1.90. The van der Waals surface area contributed by atoms with Crippen molar-refractivity contribution in [3.63, 3.8) is 0 Å². The molecule has 3 N–H and O–H groups in total. The molecule has 100 valence electrons. The van der Waals surface area contributed by atoms with Crippen molar-refractivity contribution < 1.29 is 5.11 Å². The Morgan fingerprint density at radius 1 is 1.26 bits per heavy atom. The lowest BCUT2D eigenvalue weighted by atomic mass is 10.1. The third-order valence-electron chi connectivity index (χ3n) is 3.48. The van der Waals surface area contributed by atoms with Gasteiger partial charge in [-0.15, -0.1) is 11.3 Å². The predicted molar refractivity (Wildman–Crippen MR) is 79.1 cm³/mol. The van der Waals surface area contributed by atoms with Gasteiger partial charge in [-0.1, -0.05) is 12.1 Å². The van der Waals surface area contributed by atoms with Gasteiger partial charge in [-0.25, -0.2) is 0 Å². The summed E-state index contributed by atoms with van der Waals surface area (Å²) in [6.07, 6.45) is 2.58. The predicted octanol–water partition coefficient (Wildman–Crippen LogP) is 3.20. The number of nitrogens with two attached hydrogens (primary N) is 1. The first-order valence-electron chi connectivity index (χ1n) is 6.56. The maximum Gasteiger partial charge on any atom is 0.138 e. The summed E-state index contributed by atoms with van der Waals surface area (Å²) in [5, 5.41) is 11.6. The quantitative estimate of drug-likeness (QED) is 0.650. The van der Waals surface area contributed by atoms with Crippen molar-refractivity contribution in [2.45, 2.75) is 32.0 Å². The number of benzene rings is 1. The van der Waals surface area contributed by atoms with Crippen LogP contribution in [0.4, 0.5) is 5.69 Å². The summed E-state index contributed by atoms with van der Waals surface area (Å²) in [5.74, 6) is 0.167. The Hall–Kier alpha value is -1.52. The molecule has 1 saturated carbocycles. The van der Waals surface area contributed by atoms with Gasteiger partial charge in [0.15, 0.2) is 0 Å². The largest absolute Gasteiger partial charge is 0.506 e. The monoisotopic (exact) mass is 274 g/mol. The number of nitrogens with zero attached hydrogens (tertiary/aromatic N) is 1. The van der Waals surface area contributed by atoms with E-state index in [1.807, 2.05) is 12.1 Å². The Balaban J connectivity index is 1.72. The van der Waals surface area contributed by atoms with Crippen LogP contribution in [-0.4, -0.2) is 16.0 Å². The molecule has 0 aliphatic heterocycles. The second-order valence-electron chi connectivity index (χ2n) is 5.11. The minimum Gasteiger partial charge on any atom is -0.506 e. The highest BCUT2D eigenvalue weighted by Crippen LogP contribution is 2.31. The molecule has 0 amide bonds. The zero-order valence-corrected chi connectivity index (χ0v) is 11.6. The number of phenolic OH excluding ortho intramolecular Hbond substituents is 1. The number of phenols is 1. The number of aromatic hydroxyl groups is 1. The maximum absolute atomic E-state index is 9.47. The second-order valence-corrected chi connectivity index (χ2v) is 6.14. The van der Waals surface area contributed by atoms with E-state index in [9.17, 15) is 5.11 Å². The van der Waals surface area contributed by atoms with Gasteiger partial charge in [0.2, 0.25) is 0 Å². The minimum atomic E-state index is 0.167. The number of nitrogen functional groups attached to an aromatic ring is 1. The van der Waals surface area contributed by atoms with Gasteiger partial charge in [-0.3, -0.25) is 4.90 Å². The van der Waals surface area contributed by atoms with Gasteiger partial charge in [0, 0.05) is 24.0 Å². The molecule has 1 heterocycles. The van der Waals surface area contributed by atoms with Gasteiger partial charge in [-0.2, -0.15) is 0 Å². The molecule has 0 saturated heterocycles. The Morgan fingerprint density at radius 3 is 2.74 bits per heavy atom. The fourth-order valence-electron chi connectivity index (χ4n) is 2.29. The van der Waals surface area contributed by atoms with Crippen molar-refractivity contribution in [2.24, 2.45) is 0 Å². The first-order chi connectivity index (χ1) is 9.22. The molecular formula is C15H18N2OS. The smallest absolute Gasteiger partial charge is 0.138 e. The molecule has 1 aromatic carbocycles. The highest BCUT2D eigenvalue weighted by molar-refractivity contribution is 7.09. The zero-order chi connectivity index (χ0) is 13.2. The highest BCUT2D eigenvalue weighted by Gasteiger charge is 2.29. The lowest BCUT2D eigenvalue weighted by Gasteiger charge is -2.21. The fourth-order valence-corrected chi connectivity index (χ4v) is 3.02. The number of thiophene rings is 1. The normalized spacial score (nSPS) is 15.0. The molecule has 1 aliphatic rings. The zero-order valence-electron chi connectivity index (χ0n) is 10.7. The summed E-state index contributed by atoms with van der Waals surface area (Å²) < 4.78 is 0. The van der Waals surface area contributed by atoms with Crippen molar-refractivity contribution in [3.05, 3.63) is 46.2 Å². The van der Waals surface area contributed by atoms with Gasteiger partial charge in [0.25, 0.3) is 0 Å². The van der Waals surface area contributed by atoms with Crippen LogP contribution < -0.4 is 5.73 Å². The summed E-state index contributed by atoms with van der Waals surface area (Å²) in [6, 6.07) is 10.5. The van der Waals surface area contributed by atoms with E-state index < -0.39 is 0 Å². The number of anilines is 1. The van der Waals surface area contributed by atoms with Crippen LogP contribution in [-0.2, 0) is 13.1 Å². The van der Waals surface area contributed by atoms with Gasteiger partial charge in [0.05, 0.1) is 5.69 Å². The molecule has 0 spiro atoms. The molecule has 2 aromatic rings. The van der Waals surface area contributed by atoms with Crippen molar-refractivity contribution in [3.8, 4) is 5.75 Å². The summed E-state index contributed by atoms with van der Waals surface area (Å²) in [5.41, 5.74) is 7.39. The van der Waals surface area contributed by atoms with Gasteiger partial charge >= 0.3 is 0 Å². The maximum atomic E-state index is 9.47. The molecule has 0 unspecified atom stereocenters. The van der Waals surface area contributed by atoms with Crippen LogP contribution in [0.15, 0.2) is 35.7 Å². The van der Waals surface area contributed by atoms with Gasteiger partial charge in [-0.05, 0) is 42.0 Å². The molecule has 4 heteroatoms. The van der Waals surface area contributed by atoms with Gasteiger partial charge < -0.3 is 10.8 Å². The highest BCUT2D eigenvalue weighted by atomic mass is 32.1. The van der Waals surface area contributed by atoms with Crippen LogP contribution in [0.5, 0.6) is 5.75 Å². The van der Waals surface area contributed by atoms with Crippen molar-refractivity contribution >= 4 is 17.0 Å². The van der Waals surface area contributed by atoms with Crippen molar-refractivity contribution in [1.82, 2.24) is 4.90 Å². The average Bonchev–Trinajstić information content (AvgIpc) is 3.12. The number of hydrogen-bond acceptors (Lipinski definition) is 4. The van der Waals surface area contributed by atoms with Crippen molar-refractivity contribution in [2.75, 3.05) is 5.73 Å². The van der Waals surface area contributed by atoms with Gasteiger partial charge in [0.1, 0.15) is 5.75 Å². The van der Waals surface area contributed by atoms with Crippen LogP contribution in [0, 0.1) is 0 Å². The molecule has 1 fully saturated rings. The molecular weight excluding hydrogens is 256 g/mol. The van der Waals surface area contributed by atoms with E-state index in [1.165, 1.54) is 23.3 Å². The van der Waals surface area contributed by atoms with Crippen molar-refractivity contribution in [1.29, 1.82) is 0 Å². The Bertz CT molecular complexity index is 549. The lowest BCUT2D eigenvalue weighted by molar-refractivity contribution is 0.248. The van der Waals surface area contributed by atoms with Crippen LogP contribution in [0.1, 0.15) is 23.3 Å². The van der Waals surface area contributed by atoms with Crippen LogP contribution in [0.3, 0.4) is 0 Å². The SMILES string of the molecule is Nc1cc(CN(Cc2cccs2)C2CC2)ccc1O. The molecule has 0 radical (unpaired) electrons. The van der Waals surface area contributed by atoms with E-state index in [-0.39, 0.29) is 5.75 Å². The standard InChI is InChI=1S/C15H18N2OS/c16-14-8-11(3-6-15(14)18)9-17(12-4-5-12)10-13-2-1-7-19-13/h1-3,6-8,12,18H,4-5,9-10,16H2. The first-order valence-corrected chi connectivity index (χ1v) is 7.44. The average molecular weight is 274 g/mol.